The lowest BCUT2D eigenvalue weighted by atomic mass is 10.1. The maximum Gasteiger partial charge on any atom is 0.257 e. The van der Waals surface area contributed by atoms with Gasteiger partial charge in [-0.25, -0.2) is 0 Å². The first-order valence-corrected chi connectivity index (χ1v) is 6.99. The number of hydrogen-bond acceptors (Lipinski definition) is 3. The van der Waals surface area contributed by atoms with Gasteiger partial charge in [-0.2, -0.15) is 0 Å². The Morgan fingerprint density at radius 2 is 1.71 bits per heavy atom. The van der Waals surface area contributed by atoms with Crippen molar-refractivity contribution in [1.29, 1.82) is 0 Å². The summed E-state index contributed by atoms with van der Waals surface area (Å²) in [4.78, 5) is 23.2. The fourth-order valence-electron chi connectivity index (χ4n) is 1.82. The molecular formula is C15H14BrN3O2. The van der Waals surface area contributed by atoms with E-state index >= 15 is 0 Å². The van der Waals surface area contributed by atoms with Crippen LogP contribution in [0.3, 0.4) is 0 Å². The smallest absolute Gasteiger partial charge is 0.257 e. The largest absolute Gasteiger partial charge is 0.398 e. The van der Waals surface area contributed by atoms with Crippen molar-refractivity contribution in [1.82, 2.24) is 0 Å². The fraction of sp³-hybridized carbons (Fsp3) is 0.0667. The Kier molecular flexibility index (Phi) is 4.59. The third-order valence-electron chi connectivity index (χ3n) is 2.70. The quantitative estimate of drug-likeness (QED) is 0.745. The molecule has 6 heteroatoms. The van der Waals surface area contributed by atoms with E-state index in [0.717, 1.165) is 4.47 Å². The van der Waals surface area contributed by atoms with Crippen LogP contribution in [0, 0.1) is 0 Å². The molecule has 0 unspecified atom stereocenters. The molecule has 2 aromatic carbocycles. The Morgan fingerprint density at radius 3 is 2.33 bits per heavy atom. The third-order valence-corrected chi connectivity index (χ3v) is 3.19. The molecule has 0 saturated carbocycles. The Morgan fingerprint density at radius 1 is 1.05 bits per heavy atom. The van der Waals surface area contributed by atoms with Crippen LogP contribution in [0.4, 0.5) is 17.1 Å². The highest BCUT2D eigenvalue weighted by atomic mass is 79.9. The minimum Gasteiger partial charge on any atom is -0.398 e. The van der Waals surface area contributed by atoms with Crippen molar-refractivity contribution in [3.05, 3.63) is 52.5 Å². The molecule has 0 saturated heterocycles. The van der Waals surface area contributed by atoms with Crippen LogP contribution in [0.1, 0.15) is 17.3 Å². The van der Waals surface area contributed by atoms with Crippen LogP contribution < -0.4 is 16.4 Å². The van der Waals surface area contributed by atoms with Crippen molar-refractivity contribution in [3.63, 3.8) is 0 Å². The Bertz CT molecular complexity index is 701. The molecule has 0 bridgehead atoms. The van der Waals surface area contributed by atoms with Crippen molar-refractivity contribution in [3.8, 4) is 0 Å². The van der Waals surface area contributed by atoms with E-state index in [-0.39, 0.29) is 11.8 Å². The molecule has 0 fully saturated rings. The van der Waals surface area contributed by atoms with E-state index in [2.05, 4.69) is 26.6 Å². The topological polar surface area (TPSA) is 84.2 Å². The van der Waals surface area contributed by atoms with E-state index in [4.69, 9.17) is 5.73 Å². The number of hydrogen-bond donors (Lipinski definition) is 3. The van der Waals surface area contributed by atoms with E-state index in [0.29, 0.717) is 22.6 Å². The SMILES string of the molecule is CC(=O)Nc1cccc(NC(=O)c2ccc(Br)cc2N)c1. The molecule has 0 spiro atoms. The summed E-state index contributed by atoms with van der Waals surface area (Å²) in [7, 11) is 0. The second-order valence-electron chi connectivity index (χ2n) is 4.45. The molecule has 4 N–H and O–H groups in total. The number of halogens is 1. The van der Waals surface area contributed by atoms with Gasteiger partial charge in [-0.05, 0) is 36.4 Å². The minimum absolute atomic E-state index is 0.171. The van der Waals surface area contributed by atoms with Gasteiger partial charge in [-0.1, -0.05) is 22.0 Å². The van der Waals surface area contributed by atoms with Gasteiger partial charge in [0.05, 0.1) is 5.56 Å². The molecule has 2 aromatic rings. The Balaban J connectivity index is 2.17. The first-order chi connectivity index (χ1) is 9.95. The van der Waals surface area contributed by atoms with Crippen LogP contribution in [0.15, 0.2) is 46.9 Å². The number of nitrogens with one attached hydrogen (secondary N) is 2. The molecule has 0 aliphatic heterocycles. The van der Waals surface area contributed by atoms with Gasteiger partial charge >= 0.3 is 0 Å². The molecule has 5 nitrogen and oxygen atoms in total. The van der Waals surface area contributed by atoms with Crippen LogP contribution in [-0.4, -0.2) is 11.8 Å². The van der Waals surface area contributed by atoms with Gasteiger partial charge in [0.25, 0.3) is 5.91 Å². The molecular weight excluding hydrogens is 334 g/mol. The van der Waals surface area contributed by atoms with Crippen LogP contribution in [0.5, 0.6) is 0 Å². The maximum absolute atomic E-state index is 12.2. The van der Waals surface area contributed by atoms with E-state index in [1.54, 1.807) is 42.5 Å². The summed E-state index contributed by atoms with van der Waals surface area (Å²) in [6.45, 7) is 1.42. The Hall–Kier alpha value is -2.34. The van der Waals surface area contributed by atoms with Crippen molar-refractivity contribution in [2.75, 3.05) is 16.4 Å². The highest BCUT2D eigenvalue weighted by Crippen LogP contribution is 2.21. The predicted molar refractivity (Wildman–Crippen MR) is 87.3 cm³/mol. The summed E-state index contributed by atoms with van der Waals surface area (Å²) < 4.78 is 0.809. The van der Waals surface area contributed by atoms with Gasteiger partial charge in [0, 0.05) is 28.5 Å². The van der Waals surface area contributed by atoms with Crippen LogP contribution in [0.2, 0.25) is 0 Å². The summed E-state index contributed by atoms with van der Waals surface area (Å²) >= 11 is 3.29. The zero-order valence-electron chi connectivity index (χ0n) is 11.3. The average Bonchev–Trinajstić information content (AvgIpc) is 2.37. The van der Waals surface area contributed by atoms with Crippen molar-refractivity contribution in [2.24, 2.45) is 0 Å². The normalized spacial score (nSPS) is 10.0. The van der Waals surface area contributed by atoms with Gasteiger partial charge in [0.1, 0.15) is 0 Å². The van der Waals surface area contributed by atoms with Gasteiger partial charge in [-0.15, -0.1) is 0 Å². The van der Waals surface area contributed by atoms with Crippen LogP contribution in [0.25, 0.3) is 0 Å². The van der Waals surface area contributed by atoms with Crippen molar-refractivity contribution < 1.29 is 9.59 Å². The van der Waals surface area contributed by atoms with Gasteiger partial charge in [0.15, 0.2) is 0 Å². The van der Waals surface area contributed by atoms with E-state index < -0.39 is 0 Å². The molecule has 2 amide bonds. The fourth-order valence-corrected chi connectivity index (χ4v) is 2.20. The van der Waals surface area contributed by atoms with Gasteiger partial charge in [0.2, 0.25) is 5.91 Å². The number of nitrogens with two attached hydrogens (primary N) is 1. The lowest BCUT2D eigenvalue weighted by molar-refractivity contribution is -0.114. The minimum atomic E-state index is -0.306. The summed E-state index contributed by atoms with van der Waals surface area (Å²) in [6.07, 6.45) is 0. The van der Waals surface area contributed by atoms with Gasteiger partial charge < -0.3 is 16.4 Å². The number of nitrogen functional groups attached to an aromatic ring is 1. The lowest BCUT2D eigenvalue weighted by Gasteiger charge is -2.09. The zero-order valence-corrected chi connectivity index (χ0v) is 12.9. The highest BCUT2D eigenvalue weighted by Gasteiger charge is 2.10. The molecule has 108 valence electrons. The maximum atomic E-state index is 12.2. The zero-order chi connectivity index (χ0) is 15.4. The summed E-state index contributed by atoms with van der Waals surface area (Å²) in [5, 5.41) is 5.40. The second kappa shape index (κ2) is 6.41. The number of rotatable bonds is 3. The first-order valence-electron chi connectivity index (χ1n) is 6.20. The van der Waals surface area contributed by atoms with Crippen LogP contribution >= 0.6 is 15.9 Å². The molecule has 2 rings (SSSR count). The number of amides is 2. The number of anilines is 3. The third kappa shape index (κ3) is 4.06. The van der Waals surface area contributed by atoms with E-state index in [9.17, 15) is 9.59 Å². The first kappa shape index (κ1) is 15.1. The molecule has 0 radical (unpaired) electrons. The second-order valence-corrected chi connectivity index (χ2v) is 5.36. The predicted octanol–water partition coefficient (Wildman–Crippen LogP) is 3.24. The molecule has 0 aliphatic rings. The monoisotopic (exact) mass is 347 g/mol. The summed E-state index contributed by atoms with van der Waals surface area (Å²) in [5.41, 5.74) is 7.80. The molecule has 0 aliphatic carbocycles. The Labute approximate surface area is 130 Å². The molecule has 0 heterocycles. The molecule has 0 atom stereocenters. The number of carbonyl (C=O) groups excluding carboxylic acids is 2. The average molecular weight is 348 g/mol. The van der Waals surface area contributed by atoms with Gasteiger partial charge in [-0.3, -0.25) is 9.59 Å². The van der Waals surface area contributed by atoms with Crippen molar-refractivity contribution in [2.45, 2.75) is 6.92 Å². The standard InChI is InChI=1S/C15H14BrN3O2/c1-9(20)18-11-3-2-4-12(8-11)19-15(21)13-6-5-10(16)7-14(13)17/h2-8H,17H2,1H3,(H,18,20)(H,19,21). The molecule has 21 heavy (non-hydrogen) atoms. The van der Waals surface area contributed by atoms with E-state index in [1.165, 1.54) is 6.92 Å². The van der Waals surface area contributed by atoms with Crippen LogP contribution in [-0.2, 0) is 4.79 Å². The number of carbonyl (C=O) groups is 2. The summed E-state index contributed by atoms with van der Waals surface area (Å²) in [6, 6.07) is 12.0. The lowest BCUT2D eigenvalue weighted by Crippen LogP contribution is -2.14. The molecule has 0 aromatic heterocycles. The summed E-state index contributed by atoms with van der Waals surface area (Å²) in [5.74, 6) is -0.476. The number of benzene rings is 2. The van der Waals surface area contributed by atoms with E-state index in [1.807, 2.05) is 0 Å². The highest BCUT2D eigenvalue weighted by molar-refractivity contribution is 9.10. The van der Waals surface area contributed by atoms with Crippen molar-refractivity contribution >= 4 is 44.8 Å².